The highest BCUT2D eigenvalue weighted by atomic mass is 35.5. The molecule has 0 atom stereocenters. The molecule has 2 aromatic carbocycles. The average molecular weight is 425 g/mol. The van der Waals surface area contributed by atoms with Crippen molar-refractivity contribution in [2.45, 2.75) is 32.5 Å². The van der Waals surface area contributed by atoms with Crippen LogP contribution in [0.1, 0.15) is 25.0 Å². The van der Waals surface area contributed by atoms with Crippen molar-refractivity contribution in [3.63, 3.8) is 0 Å². The Morgan fingerprint density at radius 2 is 1.64 bits per heavy atom. The predicted octanol–water partition coefficient (Wildman–Crippen LogP) is 5.51. The van der Waals surface area contributed by atoms with Crippen LogP contribution in [-0.4, -0.2) is 17.3 Å². The van der Waals surface area contributed by atoms with Crippen molar-refractivity contribution < 1.29 is 9.84 Å². The van der Waals surface area contributed by atoms with E-state index in [1.807, 2.05) is 32.0 Å². The maximum atomic E-state index is 9.36. The van der Waals surface area contributed by atoms with Crippen LogP contribution in [0.4, 0.5) is 0 Å². The van der Waals surface area contributed by atoms with Gasteiger partial charge in [0.25, 0.3) is 0 Å². The molecule has 0 aliphatic carbocycles. The van der Waals surface area contributed by atoms with E-state index < -0.39 is 0 Å². The SMILES string of the molecule is CC(C)(CO)NCc1cc(Cl)ccc1OCc1ccc(Cl)cc1Cl.Cl. The molecule has 0 heterocycles. The lowest BCUT2D eigenvalue weighted by atomic mass is 10.1. The number of ether oxygens (including phenoxy) is 1. The molecule has 25 heavy (non-hydrogen) atoms. The zero-order valence-corrected chi connectivity index (χ0v) is 17.1. The first-order valence-electron chi connectivity index (χ1n) is 7.52. The van der Waals surface area contributed by atoms with E-state index in [1.54, 1.807) is 18.2 Å². The Morgan fingerprint density at radius 1 is 1.00 bits per heavy atom. The second-order valence-corrected chi connectivity index (χ2v) is 7.45. The minimum absolute atomic E-state index is 0. The first-order valence-corrected chi connectivity index (χ1v) is 8.65. The van der Waals surface area contributed by atoms with Gasteiger partial charge in [-0.2, -0.15) is 0 Å². The fourth-order valence-corrected chi connectivity index (χ4v) is 2.67. The highest BCUT2D eigenvalue weighted by Gasteiger charge is 2.16. The highest BCUT2D eigenvalue weighted by Crippen LogP contribution is 2.26. The molecule has 2 aromatic rings. The Morgan fingerprint density at radius 3 is 2.28 bits per heavy atom. The Labute approximate surface area is 169 Å². The van der Waals surface area contributed by atoms with Crippen LogP contribution in [0.15, 0.2) is 36.4 Å². The van der Waals surface area contributed by atoms with Gasteiger partial charge in [-0.1, -0.05) is 40.9 Å². The van der Waals surface area contributed by atoms with E-state index >= 15 is 0 Å². The molecule has 0 saturated heterocycles. The van der Waals surface area contributed by atoms with Crippen molar-refractivity contribution in [3.05, 3.63) is 62.6 Å². The number of benzene rings is 2. The minimum Gasteiger partial charge on any atom is -0.489 e. The van der Waals surface area contributed by atoms with Gasteiger partial charge in [0, 0.05) is 38.3 Å². The summed E-state index contributed by atoms with van der Waals surface area (Å²) in [5.74, 6) is 0.714. The largest absolute Gasteiger partial charge is 0.489 e. The van der Waals surface area contributed by atoms with Crippen LogP contribution in [0.2, 0.25) is 15.1 Å². The number of nitrogens with one attached hydrogen (secondary N) is 1. The van der Waals surface area contributed by atoms with Crippen LogP contribution >= 0.6 is 47.2 Å². The van der Waals surface area contributed by atoms with Crippen molar-refractivity contribution in [2.75, 3.05) is 6.61 Å². The summed E-state index contributed by atoms with van der Waals surface area (Å²) in [7, 11) is 0. The Hall–Kier alpha value is -0.680. The Balaban J connectivity index is 0.00000312. The summed E-state index contributed by atoms with van der Waals surface area (Å²) >= 11 is 18.2. The summed E-state index contributed by atoms with van der Waals surface area (Å²) < 4.78 is 5.91. The van der Waals surface area contributed by atoms with Gasteiger partial charge in [0.1, 0.15) is 12.4 Å². The number of rotatable bonds is 7. The smallest absolute Gasteiger partial charge is 0.124 e. The zero-order chi connectivity index (χ0) is 17.7. The summed E-state index contributed by atoms with van der Waals surface area (Å²) in [6.45, 7) is 4.73. The zero-order valence-electron chi connectivity index (χ0n) is 14.0. The summed E-state index contributed by atoms with van der Waals surface area (Å²) in [4.78, 5) is 0. The van der Waals surface area contributed by atoms with Gasteiger partial charge in [-0.15, -0.1) is 12.4 Å². The molecule has 0 bridgehead atoms. The monoisotopic (exact) mass is 423 g/mol. The lowest BCUT2D eigenvalue weighted by Crippen LogP contribution is -2.42. The fraction of sp³-hybridized carbons (Fsp3) is 0.333. The third-order valence-corrected chi connectivity index (χ3v) is 4.40. The van der Waals surface area contributed by atoms with E-state index in [-0.39, 0.29) is 24.6 Å². The van der Waals surface area contributed by atoms with Crippen molar-refractivity contribution in [3.8, 4) is 5.75 Å². The van der Waals surface area contributed by atoms with Gasteiger partial charge in [-0.25, -0.2) is 0 Å². The summed E-state index contributed by atoms with van der Waals surface area (Å²) in [6, 6.07) is 10.8. The lowest BCUT2D eigenvalue weighted by Gasteiger charge is -2.24. The molecule has 0 fully saturated rings. The van der Waals surface area contributed by atoms with Crippen molar-refractivity contribution >= 4 is 47.2 Å². The van der Waals surface area contributed by atoms with Gasteiger partial charge in [-0.05, 0) is 44.2 Å². The van der Waals surface area contributed by atoms with Crippen molar-refractivity contribution in [2.24, 2.45) is 0 Å². The number of hydrogen-bond acceptors (Lipinski definition) is 3. The minimum atomic E-state index is -0.390. The van der Waals surface area contributed by atoms with Gasteiger partial charge < -0.3 is 15.2 Å². The van der Waals surface area contributed by atoms with E-state index in [1.165, 1.54) is 0 Å². The Kier molecular flexibility index (Phi) is 8.82. The van der Waals surface area contributed by atoms with Gasteiger partial charge in [-0.3, -0.25) is 0 Å². The molecule has 138 valence electrons. The summed E-state index contributed by atoms with van der Waals surface area (Å²) in [5.41, 5.74) is 1.37. The number of halogens is 4. The van der Waals surface area contributed by atoms with Crippen molar-refractivity contribution in [1.29, 1.82) is 0 Å². The topological polar surface area (TPSA) is 41.5 Å². The maximum Gasteiger partial charge on any atom is 0.124 e. The average Bonchev–Trinajstić information content (AvgIpc) is 2.53. The van der Waals surface area contributed by atoms with E-state index in [0.29, 0.717) is 34.0 Å². The van der Waals surface area contributed by atoms with Gasteiger partial charge in [0.2, 0.25) is 0 Å². The molecular weight excluding hydrogens is 404 g/mol. The first kappa shape index (κ1) is 22.4. The Bertz CT molecular complexity index is 707. The van der Waals surface area contributed by atoms with Crippen molar-refractivity contribution in [1.82, 2.24) is 5.32 Å². The molecule has 0 spiro atoms. The molecule has 0 aromatic heterocycles. The first-order chi connectivity index (χ1) is 11.3. The van der Waals surface area contributed by atoms with Gasteiger partial charge in [0.05, 0.1) is 6.61 Å². The standard InChI is InChI=1S/C18H20Cl3NO2.ClH/c1-18(2,11-23)22-9-13-7-14(19)5-6-17(13)24-10-12-3-4-15(20)8-16(12)21;/h3-8,22-23H,9-11H2,1-2H3;1H. The number of aliphatic hydroxyl groups excluding tert-OH is 1. The summed E-state index contributed by atoms with van der Waals surface area (Å²) in [6.07, 6.45) is 0. The van der Waals surface area contributed by atoms with Crippen LogP contribution in [0.25, 0.3) is 0 Å². The molecule has 0 radical (unpaired) electrons. The molecule has 0 saturated carbocycles. The van der Waals surface area contributed by atoms with Crippen LogP contribution in [0.3, 0.4) is 0 Å². The predicted molar refractivity (Wildman–Crippen MR) is 107 cm³/mol. The molecule has 2 N–H and O–H groups in total. The quantitative estimate of drug-likeness (QED) is 0.615. The maximum absolute atomic E-state index is 9.36. The second kappa shape index (κ2) is 9.86. The molecule has 0 aliphatic rings. The van der Waals surface area contributed by atoms with Crippen LogP contribution < -0.4 is 10.1 Å². The molecule has 3 nitrogen and oxygen atoms in total. The van der Waals surface area contributed by atoms with E-state index in [9.17, 15) is 5.11 Å². The van der Waals surface area contributed by atoms with E-state index in [0.717, 1.165) is 11.1 Å². The molecule has 7 heteroatoms. The third kappa shape index (κ3) is 6.86. The van der Waals surface area contributed by atoms with Crippen LogP contribution in [0.5, 0.6) is 5.75 Å². The molecule has 0 aliphatic heterocycles. The number of aliphatic hydroxyl groups is 1. The highest BCUT2D eigenvalue weighted by molar-refractivity contribution is 6.35. The number of hydrogen-bond donors (Lipinski definition) is 2. The van der Waals surface area contributed by atoms with E-state index in [4.69, 9.17) is 39.5 Å². The van der Waals surface area contributed by atoms with Gasteiger partial charge in [0.15, 0.2) is 0 Å². The third-order valence-electron chi connectivity index (χ3n) is 3.57. The fourth-order valence-electron chi connectivity index (χ4n) is 2.01. The second-order valence-electron chi connectivity index (χ2n) is 6.17. The van der Waals surface area contributed by atoms with Gasteiger partial charge >= 0.3 is 0 Å². The molecule has 0 amide bonds. The molecular formula is C18H21Cl4NO2. The van der Waals surface area contributed by atoms with Crippen LogP contribution in [-0.2, 0) is 13.2 Å². The molecule has 0 unspecified atom stereocenters. The normalized spacial score (nSPS) is 11.1. The molecule has 2 rings (SSSR count). The van der Waals surface area contributed by atoms with Crippen LogP contribution in [0, 0.1) is 0 Å². The lowest BCUT2D eigenvalue weighted by molar-refractivity contribution is 0.186. The summed E-state index contributed by atoms with van der Waals surface area (Å²) in [5, 5.41) is 14.4. The van der Waals surface area contributed by atoms with E-state index in [2.05, 4.69) is 5.32 Å².